The number of hydrogen-bond acceptors (Lipinski definition) is 6. The molecule has 0 saturated carbocycles. The van der Waals surface area contributed by atoms with Crippen LogP contribution in [0.1, 0.15) is 16.7 Å². The van der Waals surface area contributed by atoms with Crippen LogP contribution in [0.2, 0.25) is 0 Å². The van der Waals surface area contributed by atoms with Gasteiger partial charge in [-0.25, -0.2) is 0 Å². The number of nitro groups is 2. The number of benzene rings is 2. The van der Waals surface area contributed by atoms with Crippen molar-refractivity contribution in [3.63, 3.8) is 0 Å². The molecule has 144 valence electrons. The largest absolute Gasteiger partial charge is 0.418 e. The monoisotopic (exact) mass is 406 g/mol. The molecule has 9 nitrogen and oxygen atoms in total. The average Bonchev–Trinajstić information content (AvgIpc) is 2.52. The molecule has 0 aliphatic heterocycles. The molecule has 0 unspecified atom stereocenters. The summed E-state index contributed by atoms with van der Waals surface area (Å²) in [5.41, 5.74) is -5.05. The Kier molecular flexibility index (Phi) is 5.19. The van der Waals surface area contributed by atoms with E-state index in [1.54, 1.807) is 0 Å². The van der Waals surface area contributed by atoms with Crippen molar-refractivity contribution in [3.8, 4) is 0 Å². The molecule has 0 aliphatic rings. The van der Waals surface area contributed by atoms with Gasteiger partial charge < -0.3 is 0 Å². The molecule has 27 heavy (non-hydrogen) atoms. The molecule has 0 heterocycles. The van der Waals surface area contributed by atoms with Gasteiger partial charge in [-0.15, -0.1) is 0 Å². The minimum atomic E-state index is -5.39. The van der Waals surface area contributed by atoms with Crippen molar-refractivity contribution >= 4 is 21.5 Å². The highest BCUT2D eigenvalue weighted by molar-refractivity contribution is 7.85. The fourth-order valence-electron chi connectivity index (χ4n) is 2.52. The van der Waals surface area contributed by atoms with Crippen LogP contribution in [0.15, 0.2) is 41.3 Å². The molecule has 2 aromatic rings. The fraction of sp³-hybridized carbons (Fsp3) is 0.143. The van der Waals surface area contributed by atoms with E-state index in [9.17, 15) is 41.8 Å². The van der Waals surface area contributed by atoms with Crippen molar-refractivity contribution in [1.29, 1.82) is 0 Å². The molecule has 0 atom stereocenters. The normalized spacial score (nSPS) is 12.0. The van der Waals surface area contributed by atoms with E-state index < -0.39 is 60.0 Å². The molecule has 13 heteroatoms. The van der Waals surface area contributed by atoms with Crippen LogP contribution in [0.3, 0.4) is 0 Å². The van der Waals surface area contributed by atoms with Crippen molar-refractivity contribution in [2.45, 2.75) is 17.5 Å². The zero-order valence-electron chi connectivity index (χ0n) is 13.0. The van der Waals surface area contributed by atoms with Crippen molar-refractivity contribution in [3.05, 3.63) is 73.3 Å². The molecule has 0 saturated heterocycles. The second-order valence-electron chi connectivity index (χ2n) is 5.23. The highest BCUT2D eigenvalue weighted by Gasteiger charge is 2.42. The maximum absolute atomic E-state index is 13.5. The van der Waals surface area contributed by atoms with E-state index in [-0.39, 0.29) is 11.6 Å². The number of para-hydroxylation sites is 1. The molecule has 0 amide bonds. The van der Waals surface area contributed by atoms with E-state index in [2.05, 4.69) is 0 Å². The van der Waals surface area contributed by atoms with E-state index in [1.165, 1.54) is 12.1 Å². The Bertz CT molecular complexity index is 1040. The quantitative estimate of drug-likeness (QED) is 0.456. The Balaban J connectivity index is 2.89. The Morgan fingerprint density at radius 1 is 0.963 bits per heavy atom. The number of hydrogen-bond donors (Lipinski definition) is 1. The maximum Gasteiger partial charge on any atom is 0.418 e. The Labute approximate surface area is 149 Å². The van der Waals surface area contributed by atoms with E-state index in [0.717, 1.165) is 12.1 Å². The highest BCUT2D eigenvalue weighted by atomic mass is 32.2. The second kappa shape index (κ2) is 6.92. The number of halogens is 3. The first-order valence-corrected chi connectivity index (χ1v) is 8.35. The maximum atomic E-state index is 13.5. The summed E-state index contributed by atoms with van der Waals surface area (Å²) >= 11 is 0. The van der Waals surface area contributed by atoms with Gasteiger partial charge in [-0.05, 0) is 6.07 Å². The van der Waals surface area contributed by atoms with Crippen LogP contribution < -0.4 is 0 Å². The summed E-state index contributed by atoms with van der Waals surface area (Å²) in [7, 11) is -5.38. The van der Waals surface area contributed by atoms with Gasteiger partial charge in [-0.1, -0.05) is 18.2 Å². The predicted octanol–water partition coefficient (Wildman–Crippen LogP) is 3.36. The molecular weight excluding hydrogens is 397 g/mol. The van der Waals surface area contributed by atoms with Gasteiger partial charge in [0.1, 0.15) is 4.90 Å². The number of rotatable bonds is 5. The van der Waals surface area contributed by atoms with Crippen molar-refractivity contribution in [2.24, 2.45) is 0 Å². The highest BCUT2D eigenvalue weighted by Crippen LogP contribution is 2.42. The average molecular weight is 406 g/mol. The Morgan fingerprint density at radius 3 is 2.00 bits per heavy atom. The van der Waals surface area contributed by atoms with Gasteiger partial charge in [-0.2, -0.15) is 21.6 Å². The van der Waals surface area contributed by atoms with Gasteiger partial charge in [0.15, 0.2) is 0 Å². The minimum Gasteiger partial charge on any atom is -0.282 e. The lowest BCUT2D eigenvalue weighted by Gasteiger charge is -2.16. The summed E-state index contributed by atoms with van der Waals surface area (Å²) in [6, 6.07) is 5.34. The first-order valence-electron chi connectivity index (χ1n) is 6.91. The fourth-order valence-corrected chi connectivity index (χ4v) is 3.26. The molecular formula is C14H9F3N2O7S. The van der Waals surface area contributed by atoms with Gasteiger partial charge in [0.05, 0.1) is 15.4 Å². The van der Waals surface area contributed by atoms with Gasteiger partial charge in [0.25, 0.3) is 21.5 Å². The van der Waals surface area contributed by atoms with Gasteiger partial charge >= 0.3 is 6.18 Å². The minimum absolute atomic E-state index is 0.263. The summed E-state index contributed by atoms with van der Waals surface area (Å²) < 4.78 is 72.3. The number of alkyl halides is 3. The second-order valence-corrected chi connectivity index (χ2v) is 6.62. The summed E-state index contributed by atoms with van der Waals surface area (Å²) in [6.07, 6.45) is -6.35. The van der Waals surface area contributed by atoms with Crippen molar-refractivity contribution in [2.75, 3.05) is 0 Å². The Hall–Kier alpha value is -3.06. The van der Waals surface area contributed by atoms with Crippen LogP contribution in [0.25, 0.3) is 0 Å². The number of nitro benzene ring substituents is 2. The van der Waals surface area contributed by atoms with E-state index in [1.807, 2.05) is 0 Å². The SMILES string of the molecule is O=[N+]([O-])c1ccccc1Cc1c([N+](=O)[O-])ccc(S(=O)(=O)O)c1C(F)(F)F. The van der Waals surface area contributed by atoms with Crippen LogP contribution in [0.4, 0.5) is 24.5 Å². The summed E-state index contributed by atoms with van der Waals surface area (Å²) in [5.74, 6) is 0. The lowest BCUT2D eigenvalue weighted by Crippen LogP contribution is -2.18. The van der Waals surface area contributed by atoms with Crippen molar-refractivity contribution < 1.29 is 36.0 Å². The molecule has 2 rings (SSSR count). The summed E-state index contributed by atoms with van der Waals surface area (Å²) in [4.78, 5) is 18.6. The zero-order valence-corrected chi connectivity index (χ0v) is 13.8. The zero-order chi connectivity index (χ0) is 20.6. The van der Waals surface area contributed by atoms with E-state index in [0.29, 0.717) is 6.07 Å². The molecule has 0 spiro atoms. The third-order valence-electron chi connectivity index (χ3n) is 3.56. The van der Waals surface area contributed by atoms with Crippen LogP contribution in [0.5, 0.6) is 0 Å². The van der Waals surface area contributed by atoms with Crippen molar-refractivity contribution in [1.82, 2.24) is 0 Å². The van der Waals surface area contributed by atoms with Crippen LogP contribution in [0, 0.1) is 20.2 Å². The van der Waals surface area contributed by atoms with Crippen LogP contribution in [-0.2, 0) is 22.7 Å². The smallest absolute Gasteiger partial charge is 0.282 e. The predicted molar refractivity (Wildman–Crippen MR) is 83.8 cm³/mol. The lowest BCUT2D eigenvalue weighted by molar-refractivity contribution is -0.386. The first kappa shape index (κ1) is 20.3. The molecule has 0 radical (unpaired) electrons. The topological polar surface area (TPSA) is 141 Å². The number of nitrogens with zero attached hydrogens (tertiary/aromatic N) is 2. The lowest BCUT2D eigenvalue weighted by atomic mass is 9.96. The van der Waals surface area contributed by atoms with Gasteiger partial charge in [0, 0.05) is 29.7 Å². The standard InChI is InChI=1S/C14H9F3N2O7S/c15-14(16,17)13-9(7-8-3-1-2-4-10(8)18(20)21)11(19(22)23)5-6-12(13)27(24,25)26/h1-6H,7H2,(H,24,25,26). The van der Waals surface area contributed by atoms with E-state index >= 15 is 0 Å². The summed E-state index contributed by atoms with van der Waals surface area (Å²) in [5, 5.41) is 22.2. The van der Waals surface area contributed by atoms with E-state index in [4.69, 9.17) is 4.55 Å². The molecule has 0 fully saturated rings. The van der Waals surface area contributed by atoms with Crippen LogP contribution >= 0.6 is 0 Å². The molecule has 0 aromatic heterocycles. The summed E-state index contributed by atoms with van der Waals surface area (Å²) in [6.45, 7) is 0. The molecule has 1 N–H and O–H groups in total. The molecule has 0 aliphatic carbocycles. The van der Waals surface area contributed by atoms with Crippen LogP contribution in [-0.4, -0.2) is 22.8 Å². The molecule has 2 aromatic carbocycles. The third kappa shape index (κ3) is 4.20. The molecule has 0 bridgehead atoms. The Morgan fingerprint density at radius 2 is 1.52 bits per heavy atom. The van der Waals surface area contributed by atoms with Gasteiger partial charge in [0.2, 0.25) is 0 Å². The third-order valence-corrected chi connectivity index (χ3v) is 4.46. The van der Waals surface area contributed by atoms with Gasteiger partial charge in [-0.3, -0.25) is 24.8 Å². The first-order chi connectivity index (χ1) is 12.3.